The van der Waals surface area contributed by atoms with Crippen LogP contribution >= 0.6 is 0 Å². The van der Waals surface area contributed by atoms with Gasteiger partial charge in [-0.15, -0.1) is 0 Å². The van der Waals surface area contributed by atoms with Gasteiger partial charge in [0.2, 0.25) is 5.91 Å². The second kappa shape index (κ2) is 7.06. The standard InChI is InChI=1S/C16H21N3O/c17-10-13-3-5-15(6-4-13)12-19-9-1-2-14(11-19)7-8-16(18)20/h3-6,14H,1-2,7-9,11-12H2,(H2,18,20). The number of benzene rings is 1. The summed E-state index contributed by atoms with van der Waals surface area (Å²) in [7, 11) is 0. The molecular formula is C16H21N3O. The van der Waals surface area contributed by atoms with Crippen molar-refractivity contribution in [3.8, 4) is 6.07 Å². The van der Waals surface area contributed by atoms with Gasteiger partial charge in [-0.2, -0.15) is 5.26 Å². The minimum Gasteiger partial charge on any atom is -0.370 e. The number of nitriles is 1. The van der Waals surface area contributed by atoms with Gasteiger partial charge in [0, 0.05) is 19.5 Å². The highest BCUT2D eigenvalue weighted by molar-refractivity contribution is 5.73. The van der Waals surface area contributed by atoms with Gasteiger partial charge >= 0.3 is 0 Å². The molecule has 4 heteroatoms. The molecule has 1 unspecified atom stereocenters. The third kappa shape index (κ3) is 4.36. The number of likely N-dealkylation sites (tertiary alicyclic amines) is 1. The summed E-state index contributed by atoms with van der Waals surface area (Å²) in [5.74, 6) is 0.379. The summed E-state index contributed by atoms with van der Waals surface area (Å²) in [5.41, 5.74) is 7.15. The van der Waals surface area contributed by atoms with E-state index in [0.29, 0.717) is 17.9 Å². The first kappa shape index (κ1) is 14.5. The van der Waals surface area contributed by atoms with Crippen molar-refractivity contribution in [2.24, 2.45) is 11.7 Å². The topological polar surface area (TPSA) is 70.1 Å². The summed E-state index contributed by atoms with van der Waals surface area (Å²) in [6.45, 7) is 3.05. The van der Waals surface area contributed by atoms with Crippen LogP contribution in [0.2, 0.25) is 0 Å². The van der Waals surface area contributed by atoms with Crippen LogP contribution in [0.5, 0.6) is 0 Å². The van der Waals surface area contributed by atoms with Gasteiger partial charge in [0.15, 0.2) is 0 Å². The molecule has 1 aromatic carbocycles. The lowest BCUT2D eigenvalue weighted by Gasteiger charge is -2.32. The lowest BCUT2D eigenvalue weighted by Crippen LogP contribution is -2.35. The van der Waals surface area contributed by atoms with Crippen LogP contribution in [0.25, 0.3) is 0 Å². The van der Waals surface area contributed by atoms with E-state index in [-0.39, 0.29) is 5.91 Å². The van der Waals surface area contributed by atoms with Crippen molar-refractivity contribution >= 4 is 5.91 Å². The van der Waals surface area contributed by atoms with Gasteiger partial charge in [0.1, 0.15) is 0 Å². The predicted molar refractivity (Wildman–Crippen MR) is 77.6 cm³/mol. The van der Waals surface area contributed by atoms with E-state index in [0.717, 1.165) is 26.1 Å². The van der Waals surface area contributed by atoms with Gasteiger partial charge in [-0.1, -0.05) is 12.1 Å². The van der Waals surface area contributed by atoms with Crippen molar-refractivity contribution in [3.63, 3.8) is 0 Å². The molecule has 0 radical (unpaired) electrons. The molecule has 1 atom stereocenters. The second-order valence-electron chi connectivity index (χ2n) is 5.56. The van der Waals surface area contributed by atoms with E-state index in [2.05, 4.69) is 11.0 Å². The Balaban J connectivity index is 1.85. The molecule has 1 aliphatic heterocycles. The number of carbonyl (C=O) groups is 1. The highest BCUT2D eigenvalue weighted by Crippen LogP contribution is 2.22. The summed E-state index contributed by atoms with van der Waals surface area (Å²) in [6, 6.07) is 9.90. The average Bonchev–Trinajstić information content (AvgIpc) is 2.46. The smallest absolute Gasteiger partial charge is 0.217 e. The molecule has 1 aromatic rings. The quantitative estimate of drug-likeness (QED) is 0.890. The molecule has 0 aromatic heterocycles. The van der Waals surface area contributed by atoms with Crippen LogP contribution in [0.4, 0.5) is 0 Å². The normalized spacial score (nSPS) is 19.4. The Morgan fingerprint density at radius 3 is 2.80 bits per heavy atom. The third-order valence-corrected chi connectivity index (χ3v) is 3.89. The van der Waals surface area contributed by atoms with Crippen LogP contribution in [0.15, 0.2) is 24.3 Å². The molecule has 0 bridgehead atoms. The largest absolute Gasteiger partial charge is 0.370 e. The van der Waals surface area contributed by atoms with E-state index in [9.17, 15) is 4.79 Å². The van der Waals surface area contributed by atoms with Crippen molar-refractivity contribution in [3.05, 3.63) is 35.4 Å². The average molecular weight is 271 g/mol. The van der Waals surface area contributed by atoms with E-state index in [4.69, 9.17) is 11.0 Å². The zero-order valence-corrected chi connectivity index (χ0v) is 11.7. The number of piperidine rings is 1. The van der Waals surface area contributed by atoms with Gasteiger partial charge in [-0.25, -0.2) is 0 Å². The zero-order chi connectivity index (χ0) is 14.4. The first-order valence-electron chi connectivity index (χ1n) is 7.17. The number of rotatable bonds is 5. The maximum atomic E-state index is 10.9. The highest BCUT2D eigenvalue weighted by atomic mass is 16.1. The molecule has 1 fully saturated rings. The number of carbonyl (C=O) groups excluding carboxylic acids is 1. The number of primary amides is 1. The van der Waals surface area contributed by atoms with Gasteiger partial charge in [0.25, 0.3) is 0 Å². The Morgan fingerprint density at radius 2 is 2.15 bits per heavy atom. The molecule has 1 saturated heterocycles. The summed E-state index contributed by atoms with van der Waals surface area (Å²) in [6.07, 6.45) is 3.77. The molecule has 1 amide bonds. The Labute approximate surface area is 120 Å². The molecule has 2 rings (SSSR count). The Kier molecular flexibility index (Phi) is 5.14. The first-order chi connectivity index (χ1) is 9.67. The number of amides is 1. The molecule has 106 valence electrons. The summed E-state index contributed by atoms with van der Waals surface area (Å²) < 4.78 is 0. The van der Waals surface area contributed by atoms with Crippen molar-refractivity contribution < 1.29 is 4.79 Å². The lowest BCUT2D eigenvalue weighted by molar-refractivity contribution is -0.118. The van der Waals surface area contributed by atoms with Gasteiger partial charge in [-0.05, 0) is 49.4 Å². The highest BCUT2D eigenvalue weighted by Gasteiger charge is 2.20. The summed E-state index contributed by atoms with van der Waals surface area (Å²) in [4.78, 5) is 13.3. The molecule has 4 nitrogen and oxygen atoms in total. The minimum absolute atomic E-state index is 0.200. The van der Waals surface area contributed by atoms with Crippen LogP contribution in [-0.2, 0) is 11.3 Å². The van der Waals surface area contributed by atoms with E-state index in [1.165, 1.54) is 18.4 Å². The number of nitrogens with two attached hydrogens (primary N) is 1. The Morgan fingerprint density at radius 1 is 1.40 bits per heavy atom. The zero-order valence-electron chi connectivity index (χ0n) is 11.7. The monoisotopic (exact) mass is 271 g/mol. The molecule has 1 aliphatic rings. The Hall–Kier alpha value is -1.86. The second-order valence-corrected chi connectivity index (χ2v) is 5.56. The molecule has 0 saturated carbocycles. The maximum Gasteiger partial charge on any atom is 0.217 e. The first-order valence-corrected chi connectivity index (χ1v) is 7.17. The van der Waals surface area contributed by atoms with E-state index >= 15 is 0 Å². The van der Waals surface area contributed by atoms with Crippen molar-refractivity contribution in [2.45, 2.75) is 32.2 Å². The molecule has 20 heavy (non-hydrogen) atoms. The maximum absolute atomic E-state index is 10.9. The summed E-state index contributed by atoms with van der Waals surface area (Å²) >= 11 is 0. The van der Waals surface area contributed by atoms with Crippen LogP contribution in [0, 0.1) is 17.2 Å². The number of nitrogens with zero attached hydrogens (tertiary/aromatic N) is 2. The van der Waals surface area contributed by atoms with Gasteiger partial charge in [0.05, 0.1) is 11.6 Å². The fraction of sp³-hybridized carbons (Fsp3) is 0.500. The summed E-state index contributed by atoms with van der Waals surface area (Å²) in [5, 5.41) is 8.79. The van der Waals surface area contributed by atoms with Crippen LogP contribution in [0.3, 0.4) is 0 Å². The molecule has 0 aliphatic carbocycles. The Bertz CT molecular complexity index is 489. The molecule has 1 heterocycles. The third-order valence-electron chi connectivity index (χ3n) is 3.89. The van der Waals surface area contributed by atoms with E-state index < -0.39 is 0 Å². The van der Waals surface area contributed by atoms with Crippen molar-refractivity contribution in [2.75, 3.05) is 13.1 Å². The van der Waals surface area contributed by atoms with Crippen molar-refractivity contribution in [1.82, 2.24) is 4.90 Å². The number of hydrogen-bond donors (Lipinski definition) is 1. The molecule has 0 spiro atoms. The van der Waals surface area contributed by atoms with Crippen LogP contribution in [-0.4, -0.2) is 23.9 Å². The van der Waals surface area contributed by atoms with Crippen molar-refractivity contribution in [1.29, 1.82) is 5.26 Å². The van der Waals surface area contributed by atoms with E-state index in [1.807, 2.05) is 24.3 Å². The lowest BCUT2D eigenvalue weighted by atomic mass is 9.93. The van der Waals surface area contributed by atoms with Gasteiger partial charge in [-0.3, -0.25) is 9.69 Å². The number of hydrogen-bond acceptors (Lipinski definition) is 3. The predicted octanol–water partition coefficient (Wildman–Crippen LogP) is 2.04. The molecular weight excluding hydrogens is 250 g/mol. The fourth-order valence-corrected chi connectivity index (χ4v) is 2.82. The van der Waals surface area contributed by atoms with Crippen LogP contribution in [0.1, 0.15) is 36.8 Å². The molecule has 2 N–H and O–H groups in total. The van der Waals surface area contributed by atoms with Gasteiger partial charge < -0.3 is 5.73 Å². The minimum atomic E-state index is -0.200. The van der Waals surface area contributed by atoms with E-state index in [1.54, 1.807) is 0 Å². The fourth-order valence-electron chi connectivity index (χ4n) is 2.82. The SMILES string of the molecule is N#Cc1ccc(CN2CCCC(CCC(N)=O)C2)cc1. The van der Waals surface area contributed by atoms with Crippen LogP contribution < -0.4 is 5.73 Å².